The zero-order valence-corrected chi connectivity index (χ0v) is 10.7. The Hall–Kier alpha value is -1.12. The first-order valence-electron chi connectivity index (χ1n) is 6.28. The molecule has 1 nitrogen and oxygen atoms in total. The van der Waals surface area contributed by atoms with E-state index in [1.165, 1.54) is 41.0 Å². The summed E-state index contributed by atoms with van der Waals surface area (Å²) in [5, 5.41) is 0. The van der Waals surface area contributed by atoms with Gasteiger partial charge in [-0.05, 0) is 54.5 Å². The molecule has 0 saturated heterocycles. The molecule has 88 valence electrons. The first-order valence-corrected chi connectivity index (χ1v) is 7.10. The van der Waals surface area contributed by atoms with Crippen LogP contribution in [0, 0.1) is 0 Å². The molecule has 0 fully saturated rings. The normalized spacial score (nSPS) is 14.6. The summed E-state index contributed by atoms with van der Waals surface area (Å²) in [5.74, 6) is 0. The molecule has 2 aromatic rings. The molecule has 0 amide bonds. The number of thiophene rings is 1. The number of hydrogen-bond donors (Lipinski definition) is 1. The highest BCUT2D eigenvalue weighted by atomic mass is 32.1. The third-order valence-corrected chi connectivity index (χ3v) is 4.67. The maximum Gasteiger partial charge on any atom is 0.0349 e. The minimum Gasteiger partial charge on any atom is -0.326 e. The molecule has 1 aliphatic carbocycles. The summed E-state index contributed by atoms with van der Waals surface area (Å²) in [4.78, 5) is 2.65. The van der Waals surface area contributed by atoms with Crippen molar-refractivity contribution in [3.05, 3.63) is 46.3 Å². The van der Waals surface area contributed by atoms with E-state index >= 15 is 0 Å². The number of rotatable bonds is 2. The Morgan fingerprint density at radius 3 is 2.76 bits per heavy atom. The van der Waals surface area contributed by atoms with Crippen LogP contribution >= 0.6 is 11.3 Å². The van der Waals surface area contributed by atoms with Crippen molar-refractivity contribution in [1.82, 2.24) is 0 Å². The van der Waals surface area contributed by atoms with Gasteiger partial charge in [-0.25, -0.2) is 0 Å². The van der Waals surface area contributed by atoms with E-state index < -0.39 is 0 Å². The van der Waals surface area contributed by atoms with Crippen LogP contribution < -0.4 is 5.73 Å². The highest BCUT2D eigenvalue weighted by Crippen LogP contribution is 2.35. The van der Waals surface area contributed by atoms with E-state index in [0.717, 1.165) is 0 Å². The van der Waals surface area contributed by atoms with Crippen LogP contribution in [-0.4, -0.2) is 0 Å². The summed E-state index contributed by atoms with van der Waals surface area (Å²) in [6.07, 6.45) is 5.16. The molecule has 0 aliphatic heterocycles. The highest BCUT2D eigenvalue weighted by molar-refractivity contribution is 7.15. The van der Waals surface area contributed by atoms with Gasteiger partial charge in [0.15, 0.2) is 0 Å². The molecule has 0 spiro atoms. The number of hydrogen-bond acceptors (Lipinski definition) is 2. The van der Waals surface area contributed by atoms with Gasteiger partial charge in [-0.3, -0.25) is 0 Å². The van der Waals surface area contributed by atoms with Gasteiger partial charge in [0.05, 0.1) is 0 Å². The van der Waals surface area contributed by atoms with Gasteiger partial charge in [-0.15, -0.1) is 11.3 Å². The van der Waals surface area contributed by atoms with Gasteiger partial charge < -0.3 is 5.73 Å². The topological polar surface area (TPSA) is 26.0 Å². The van der Waals surface area contributed by atoms with Gasteiger partial charge in [-0.1, -0.05) is 18.2 Å². The molecule has 2 N–H and O–H groups in total. The fourth-order valence-electron chi connectivity index (χ4n) is 2.64. The van der Waals surface area contributed by atoms with Crippen molar-refractivity contribution in [3.8, 4) is 10.4 Å². The summed E-state index contributed by atoms with van der Waals surface area (Å²) >= 11 is 1.83. The van der Waals surface area contributed by atoms with Gasteiger partial charge in [0, 0.05) is 16.3 Å². The third-order valence-electron chi connectivity index (χ3n) is 3.52. The van der Waals surface area contributed by atoms with E-state index in [0.29, 0.717) is 6.54 Å². The highest BCUT2D eigenvalue weighted by Gasteiger charge is 2.14. The van der Waals surface area contributed by atoms with Crippen molar-refractivity contribution in [2.24, 2.45) is 5.73 Å². The van der Waals surface area contributed by atoms with Crippen LogP contribution in [-0.2, 0) is 19.4 Å². The second-order valence-electron chi connectivity index (χ2n) is 4.62. The summed E-state index contributed by atoms with van der Waals surface area (Å²) in [6.45, 7) is 0.652. The number of nitrogens with two attached hydrogens (primary N) is 1. The molecule has 1 heterocycles. The Kier molecular flexibility index (Phi) is 3.00. The second-order valence-corrected chi connectivity index (χ2v) is 5.79. The van der Waals surface area contributed by atoms with E-state index in [1.54, 1.807) is 11.1 Å². The lowest BCUT2D eigenvalue weighted by Gasteiger charge is -2.18. The van der Waals surface area contributed by atoms with Crippen LogP contribution in [0.15, 0.2) is 30.3 Å². The standard InChI is InChI=1S/C15H17NS/c16-10-12-8-9-15(17-12)14-7-3-5-11-4-1-2-6-13(11)14/h3,5,7-9H,1-2,4,6,10,16H2. The maximum atomic E-state index is 5.69. The fraction of sp³-hybridized carbons (Fsp3) is 0.333. The molecular formula is C15H17NS. The van der Waals surface area contributed by atoms with Crippen LogP contribution in [0.4, 0.5) is 0 Å². The monoisotopic (exact) mass is 243 g/mol. The van der Waals surface area contributed by atoms with Crippen LogP contribution in [0.3, 0.4) is 0 Å². The molecule has 17 heavy (non-hydrogen) atoms. The lowest BCUT2D eigenvalue weighted by atomic mass is 9.88. The number of aryl methyl sites for hydroxylation is 1. The van der Waals surface area contributed by atoms with E-state index in [9.17, 15) is 0 Å². The van der Waals surface area contributed by atoms with Crippen LogP contribution in [0.25, 0.3) is 10.4 Å². The lowest BCUT2D eigenvalue weighted by Crippen LogP contribution is -2.03. The number of benzene rings is 1. The SMILES string of the molecule is NCc1ccc(-c2cccc3c2CCCC3)s1. The maximum absolute atomic E-state index is 5.69. The van der Waals surface area contributed by atoms with Crippen LogP contribution in [0.1, 0.15) is 28.8 Å². The summed E-state index contributed by atoms with van der Waals surface area (Å²) in [7, 11) is 0. The largest absolute Gasteiger partial charge is 0.326 e. The lowest BCUT2D eigenvalue weighted by molar-refractivity contribution is 0.687. The molecule has 3 rings (SSSR count). The molecule has 0 atom stereocenters. The van der Waals surface area contributed by atoms with Crippen molar-refractivity contribution in [2.75, 3.05) is 0 Å². The van der Waals surface area contributed by atoms with E-state index in [1.807, 2.05) is 11.3 Å². The fourth-order valence-corrected chi connectivity index (χ4v) is 3.58. The zero-order valence-electron chi connectivity index (χ0n) is 9.91. The third kappa shape index (κ3) is 2.03. The predicted octanol–water partition coefficient (Wildman–Crippen LogP) is 3.75. The molecule has 1 aromatic carbocycles. The quantitative estimate of drug-likeness (QED) is 0.854. The zero-order chi connectivity index (χ0) is 11.7. The van der Waals surface area contributed by atoms with Crippen LogP contribution in [0.5, 0.6) is 0 Å². The van der Waals surface area contributed by atoms with Crippen molar-refractivity contribution < 1.29 is 0 Å². The van der Waals surface area contributed by atoms with Crippen LogP contribution in [0.2, 0.25) is 0 Å². The Morgan fingerprint density at radius 1 is 1.06 bits per heavy atom. The van der Waals surface area contributed by atoms with Crippen molar-refractivity contribution in [1.29, 1.82) is 0 Å². The van der Waals surface area contributed by atoms with E-state index in [4.69, 9.17) is 5.73 Å². The van der Waals surface area contributed by atoms with Gasteiger partial charge in [0.25, 0.3) is 0 Å². The molecule has 0 unspecified atom stereocenters. The summed E-state index contributed by atoms with van der Waals surface area (Å²) in [6, 6.07) is 11.1. The molecule has 0 saturated carbocycles. The molecular weight excluding hydrogens is 226 g/mol. The molecule has 1 aromatic heterocycles. The van der Waals surface area contributed by atoms with Crippen molar-refractivity contribution >= 4 is 11.3 Å². The van der Waals surface area contributed by atoms with Crippen molar-refractivity contribution in [2.45, 2.75) is 32.2 Å². The van der Waals surface area contributed by atoms with Gasteiger partial charge >= 0.3 is 0 Å². The number of fused-ring (bicyclic) bond motifs is 1. The molecule has 1 aliphatic rings. The second kappa shape index (κ2) is 4.63. The summed E-state index contributed by atoms with van der Waals surface area (Å²) in [5.41, 5.74) is 10.3. The Labute approximate surface area is 106 Å². The first kappa shape index (κ1) is 11.0. The first-order chi connectivity index (χ1) is 8.38. The average molecular weight is 243 g/mol. The molecule has 2 heteroatoms. The predicted molar refractivity (Wildman–Crippen MR) is 74.3 cm³/mol. The minimum absolute atomic E-state index is 0.652. The van der Waals surface area contributed by atoms with Gasteiger partial charge in [0.2, 0.25) is 0 Å². The average Bonchev–Trinajstić information content (AvgIpc) is 2.87. The minimum atomic E-state index is 0.652. The molecule has 0 radical (unpaired) electrons. The Bertz CT molecular complexity index is 527. The Morgan fingerprint density at radius 2 is 1.94 bits per heavy atom. The molecule has 0 bridgehead atoms. The smallest absolute Gasteiger partial charge is 0.0349 e. The van der Waals surface area contributed by atoms with Gasteiger partial charge in [0.1, 0.15) is 0 Å². The summed E-state index contributed by atoms with van der Waals surface area (Å²) < 4.78 is 0. The Balaban J connectivity index is 2.07. The van der Waals surface area contributed by atoms with E-state index in [-0.39, 0.29) is 0 Å². The van der Waals surface area contributed by atoms with Crippen molar-refractivity contribution in [3.63, 3.8) is 0 Å². The van der Waals surface area contributed by atoms with Gasteiger partial charge in [-0.2, -0.15) is 0 Å². The van der Waals surface area contributed by atoms with E-state index in [2.05, 4.69) is 30.3 Å².